The maximum absolute atomic E-state index is 10.8. The number of nitrogen functional groups attached to an aromatic ring is 1. The van der Waals surface area contributed by atoms with E-state index >= 15 is 0 Å². The molecule has 9 nitrogen and oxygen atoms in total. The molecule has 26 heavy (non-hydrogen) atoms. The summed E-state index contributed by atoms with van der Waals surface area (Å²) in [4.78, 5) is 14.3. The van der Waals surface area contributed by atoms with Crippen molar-refractivity contribution >= 4 is 23.3 Å². The molecule has 1 atom stereocenters. The normalized spacial score (nSPS) is 11.4. The molecule has 1 aromatic heterocycles. The Morgan fingerprint density at radius 2 is 1.88 bits per heavy atom. The summed E-state index contributed by atoms with van der Waals surface area (Å²) in [7, 11) is 0. The standard InChI is InChI=1S/C16H13N5O4S/c17-5-12-14(9-1-3-10(4-2-9)21(24)25)13(6-18)16(20-15(12)19)26-8-11(23)7-22/h1-4,11,22-23H,7-8H2,(H2,19,20). The maximum Gasteiger partial charge on any atom is 0.269 e. The van der Waals surface area contributed by atoms with Gasteiger partial charge >= 0.3 is 0 Å². The molecule has 132 valence electrons. The molecule has 0 radical (unpaired) electrons. The molecular formula is C16H13N5O4S. The van der Waals surface area contributed by atoms with Crippen LogP contribution in [0.5, 0.6) is 0 Å². The van der Waals surface area contributed by atoms with E-state index in [-0.39, 0.29) is 39.0 Å². The van der Waals surface area contributed by atoms with E-state index in [0.29, 0.717) is 5.56 Å². The van der Waals surface area contributed by atoms with Gasteiger partial charge in [-0.1, -0.05) is 0 Å². The Kier molecular flexibility index (Phi) is 6.09. The van der Waals surface area contributed by atoms with Crippen LogP contribution < -0.4 is 5.73 Å². The van der Waals surface area contributed by atoms with E-state index < -0.39 is 17.6 Å². The molecule has 0 spiro atoms. The van der Waals surface area contributed by atoms with Gasteiger partial charge in [-0.3, -0.25) is 10.1 Å². The number of rotatable bonds is 6. The summed E-state index contributed by atoms with van der Waals surface area (Å²) >= 11 is 1.01. The first-order valence-electron chi connectivity index (χ1n) is 7.23. The molecule has 0 aliphatic rings. The Labute approximate surface area is 152 Å². The highest BCUT2D eigenvalue weighted by molar-refractivity contribution is 7.99. The van der Waals surface area contributed by atoms with Crippen molar-refractivity contribution in [2.75, 3.05) is 18.1 Å². The van der Waals surface area contributed by atoms with Crippen molar-refractivity contribution in [1.29, 1.82) is 10.5 Å². The molecular weight excluding hydrogens is 358 g/mol. The smallest absolute Gasteiger partial charge is 0.269 e. The van der Waals surface area contributed by atoms with Crippen LogP contribution in [-0.4, -0.2) is 38.6 Å². The van der Waals surface area contributed by atoms with E-state index in [2.05, 4.69) is 4.98 Å². The molecule has 1 aromatic carbocycles. The number of nitro benzene ring substituents is 1. The highest BCUT2D eigenvalue weighted by Gasteiger charge is 2.21. The third kappa shape index (κ3) is 3.90. The van der Waals surface area contributed by atoms with Crippen molar-refractivity contribution in [2.24, 2.45) is 0 Å². The number of nitrogens with two attached hydrogens (primary N) is 1. The Balaban J connectivity index is 2.62. The Morgan fingerprint density at radius 3 is 2.38 bits per heavy atom. The van der Waals surface area contributed by atoms with Crippen molar-refractivity contribution in [3.63, 3.8) is 0 Å². The van der Waals surface area contributed by atoms with Crippen molar-refractivity contribution in [1.82, 2.24) is 4.98 Å². The van der Waals surface area contributed by atoms with Gasteiger partial charge in [0.15, 0.2) is 0 Å². The third-order valence-corrected chi connectivity index (χ3v) is 4.53. The summed E-state index contributed by atoms with van der Waals surface area (Å²) in [5.74, 6) is -0.0238. The Morgan fingerprint density at radius 1 is 1.27 bits per heavy atom. The number of hydrogen-bond donors (Lipinski definition) is 3. The summed E-state index contributed by atoms with van der Waals surface area (Å²) in [5.41, 5.74) is 6.39. The molecule has 0 aliphatic carbocycles. The van der Waals surface area contributed by atoms with Crippen LogP contribution in [0.1, 0.15) is 11.1 Å². The van der Waals surface area contributed by atoms with Crippen LogP contribution in [0.25, 0.3) is 11.1 Å². The zero-order chi connectivity index (χ0) is 19.3. The second-order valence-electron chi connectivity index (χ2n) is 5.10. The monoisotopic (exact) mass is 371 g/mol. The van der Waals surface area contributed by atoms with Crippen LogP contribution in [0.3, 0.4) is 0 Å². The molecule has 0 saturated carbocycles. The quantitative estimate of drug-likeness (QED) is 0.386. The molecule has 4 N–H and O–H groups in total. The number of non-ortho nitro benzene ring substituents is 1. The number of nitriles is 2. The number of nitrogens with zero attached hydrogens (tertiary/aromatic N) is 4. The van der Waals surface area contributed by atoms with Gasteiger partial charge in [0.2, 0.25) is 0 Å². The number of aromatic nitrogens is 1. The van der Waals surface area contributed by atoms with Gasteiger partial charge in [-0.25, -0.2) is 4.98 Å². The highest BCUT2D eigenvalue weighted by Crippen LogP contribution is 2.36. The topological polar surface area (TPSA) is 170 Å². The number of benzene rings is 1. The van der Waals surface area contributed by atoms with Crippen LogP contribution >= 0.6 is 11.8 Å². The van der Waals surface area contributed by atoms with Gasteiger partial charge in [-0.05, 0) is 17.7 Å². The fraction of sp³-hybridized carbons (Fsp3) is 0.188. The van der Waals surface area contributed by atoms with E-state index in [9.17, 15) is 25.7 Å². The van der Waals surface area contributed by atoms with Crippen LogP contribution in [0, 0.1) is 32.8 Å². The zero-order valence-corrected chi connectivity index (χ0v) is 14.1. The Hall–Kier alpha value is -3.18. The van der Waals surface area contributed by atoms with Crippen molar-refractivity contribution in [2.45, 2.75) is 11.1 Å². The van der Waals surface area contributed by atoms with Gasteiger partial charge in [-0.2, -0.15) is 10.5 Å². The molecule has 0 saturated heterocycles. The summed E-state index contributed by atoms with van der Waals surface area (Å²) in [6.07, 6.45) is -1.01. The molecule has 0 amide bonds. The van der Waals surface area contributed by atoms with Gasteiger partial charge in [0, 0.05) is 23.4 Å². The van der Waals surface area contributed by atoms with Crippen molar-refractivity contribution in [3.05, 3.63) is 45.5 Å². The van der Waals surface area contributed by atoms with Crippen LogP contribution in [0.4, 0.5) is 11.5 Å². The van der Waals surface area contributed by atoms with Gasteiger partial charge in [0.05, 0.1) is 23.2 Å². The molecule has 10 heteroatoms. The molecule has 0 bridgehead atoms. The fourth-order valence-corrected chi connectivity index (χ4v) is 3.08. The predicted molar refractivity (Wildman–Crippen MR) is 94.0 cm³/mol. The lowest BCUT2D eigenvalue weighted by atomic mass is 9.97. The lowest BCUT2D eigenvalue weighted by Crippen LogP contribution is -2.15. The number of pyridine rings is 1. The third-order valence-electron chi connectivity index (χ3n) is 3.41. The molecule has 0 aliphatic heterocycles. The summed E-state index contributed by atoms with van der Waals surface area (Å²) in [6, 6.07) is 9.25. The fourth-order valence-electron chi connectivity index (χ4n) is 2.17. The first kappa shape index (κ1) is 19.1. The van der Waals surface area contributed by atoms with Gasteiger partial charge < -0.3 is 15.9 Å². The molecule has 2 rings (SSSR count). The van der Waals surface area contributed by atoms with E-state index in [0.717, 1.165) is 11.8 Å². The largest absolute Gasteiger partial charge is 0.394 e. The van der Waals surface area contributed by atoms with Crippen molar-refractivity contribution in [3.8, 4) is 23.3 Å². The average molecular weight is 371 g/mol. The number of nitro groups is 1. The van der Waals surface area contributed by atoms with E-state index in [4.69, 9.17) is 10.8 Å². The SMILES string of the molecule is N#Cc1c(N)nc(SCC(O)CO)c(C#N)c1-c1ccc([N+](=O)[O-])cc1. The Bertz CT molecular complexity index is 918. The van der Waals surface area contributed by atoms with E-state index in [1.807, 2.05) is 12.1 Å². The average Bonchev–Trinajstić information content (AvgIpc) is 2.65. The minimum Gasteiger partial charge on any atom is -0.394 e. The molecule has 0 fully saturated rings. The minimum atomic E-state index is -1.01. The summed E-state index contributed by atoms with van der Waals surface area (Å²) < 4.78 is 0. The number of hydrogen-bond acceptors (Lipinski definition) is 9. The van der Waals surface area contributed by atoms with Gasteiger partial charge in [-0.15, -0.1) is 11.8 Å². The number of anilines is 1. The molecule has 1 heterocycles. The number of aliphatic hydroxyl groups is 2. The first-order chi connectivity index (χ1) is 12.4. The van der Waals surface area contributed by atoms with Crippen molar-refractivity contribution < 1.29 is 15.1 Å². The first-order valence-corrected chi connectivity index (χ1v) is 8.21. The van der Waals surface area contributed by atoms with Crippen LogP contribution in [0.2, 0.25) is 0 Å². The summed E-state index contributed by atoms with van der Waals surface area (Å²) in [5, 5.41) is 48.4. The van der Waals surface area contributed by atoms with Gasteiger partial charge in [0.1, 0.15) is 28.5 Å². The second-order valence-corrected chi connectivity index (χ2v) is 6.11. The zero-order valence-electron chi connectivity index (χ0n) is 13.3. The predicted octanol–water partition coefficient (Wildman–Crippen LogP) is 1.43. The van der Waals surface area contributed by atoms with E-state index in [1.54, 1.807) is 0 Å². The second kappa shape index (κ2) is 8.27. The maximum atomic E-state index is 10.8. The number of aliphatic hydroxyl groups excluding tert-OH is 2. The van der Waals surface area contributed by atoms with Crippen LogP contribution in [0.15, 0.2) is 29.3 Å². The lowest BCUT2D eigenvalue weighted by Gasteiger charge is -2.13. The molecule has 1 unspecified atom stereocenters. The molecule has 2 aromatic rings. The summed E-state index contributed by atoms with van der Waals surface area (Å²) in [6.45, 7) is -0.449. The highest BCUT2D eigenvalue weighted by atomic mass is 32.2. The van der Waals surface area contributed by atoms with Crippen LogP contribution in [-0.2, 0) is 0 Å². The number of thioether (sulfide) groups is 1. The minimum absolute atomic E-state index is 0.0116. The van der Waals surface area contributed by atoms with Gasteiger partial charge in [0.25, 0.3) is 5.69 Å². The van der Waals surface area contributed by atoms with E-state index in [1.165, 1.54) is 24.3 Å². The lowest BCUT2D eigenvalue weighted by molar-refractivity contribution is -0.384.